The molecule has 0 aliphatic heterocycles. The fourth-order valence-electron chi connectivity index (χ4n) is 2.02. The predicted octanol–water partition coefficient (Wildman–Crippen LogP) is 2.56. The van der Waals surface area contributed by atoms with E-state index in [0.29, 0.717) is 11.7 Å². The van der Waals surface area contributed by atoms with Crippen molar-refractivity contribution in [2.45, 2.75) is 18.6 Å². The zero-order valence-corrected chi connectivity index (χ0v) is 12.1. The largest absolute Gasteiger partial charge is 0.481 e. The number of aliphatic carboxylic acids is 1. The van der Waals surface area contributed by atoms with Gasteiger partial charge >= 0.3 is 5.97 Å². The van der Waals surface area contributed by atoms with E-state index in [-0.39, 0.29) is 5.75 Å². The number of aromatic nitrogens is 3. The van der Waals surface area contributed by atoms with Gasteiger partial charge < -0.3 is 9.52 Å². The lowest BCUT2D eigenvalue weighted by Gasteiger charge is -2.06. The van der Waals surface area contributed by atoms with Crippen molar-refractivity contribution in [3.8, 4) is 0 Å². The molecule has 3 aromatic rings. The second kappa shape index (κ2) is 5.61. The summed E-state index contributed by atoms with van der Waals surface area (Å²) in [6.07, 6.45) is 3.27. The highest BCUT2D eigenvalue weighted by Gasteiger charge is 2.14. The summed E-state index contributed by atoms with van der Waals surface area (Å²) in [6.45, 7) is 2.46. The van der Waals surface area contributed by atoms with Gasteiger partial charge in [0, 0.05) is 11.3 Å². The van der Waals surface area contributed by atoms with Crippen molar-refractivity contribution < 1.29 is 14.3 Å². The summed E-state index contributed by atoms with van der Waals surface area (Å²) < 4.78 is 7.00. The van der Waals surface area contributed by atoms with Gasteiger partial charge in [-0.1, -0.05) is 11.8 Å². The van der Waals surface area contributed by atoms with E-state index in [2.05, 4.69) is 9.97 Å². The van der Waals surface area contributed by atoms with Crippen molar-refractivity contribution in [1.82, 2.24) is 14.5 Å². The maximum absolute atomic E-state index is 10.8. The van der Waals surface area contributed by atoms with Crippen LogP contribution < -0.4 is 0 Å². The minimum Gasteiger partial charge on any atom is -0.481 e. The lowest BCUT2D eigenvalue weighted by Crippen LogP contribution is -2.04. The Morgan fingerprint density at radius 2 is 2.24 bits per heavy atom. The third kappa shape index (κ3) is 2.92. The molecule has 6 nitrogen and oxygen atoms in total. The van der Waals surface area contributed by atoms with Crippen LogP contribution in [-0.2, 0) is 11.3 Å². The van der Waals surface area contributed by atoms with Gasteiger partial charge in [-0.3, -0.25) is 9.36 Å². The molecule has 3 heterocycles. The van der Waals surface area contributed by atoms with Gasteiger partial charge in [-0.2, -0.15) is 0 Å². The van der Waals surface area contributed by atoms with Gasteiger partial charge in [-0.25, -0.2) is 9.97 Å². The number of hydrogen-bond donors (Lipinski definition) is 1. The predicted molar refractivity (Wildman–Crippen MR) is 78.4 cm³/mol. The van der Waals surface area contributed by atoms with Gasteiger partial charge in [0.2, 0.25) is 0 Å². The van der Waals surface area contributed by atoms with Crippen LogP contribution in [0.3, 0.4) is 0 Å². The Balaban J connectivity index is 2.04. The van der Waals surface area contributed by atoms with Crippen LogP contribution in [0.5, 0.6) is 0 Å². The molecule has 0 amide bonds. The summed E-state index contributed by atoms with van der Waals surface area (Å²) in [6, 6.07) is 5.66. The Labute approximate surface area is 124 Å². The molecule has 0 unspecified atom stereocenters. The summed E-state index contributed by atoms with van der Waals surface area (Å²) in [7, 11) is 0. The molecule has 1 N–H and O–H groups in total. The lowest BCUT2D eigenvalue weighted by atomic mass is 10.3. The summed E-state index contributed by atoms with van der Waals surface area (Å²) in [4.78, 5) is 19.8. The number of fused-ring (bicyclic) bond motifs is 1. The molecule has 3 aromatic heterocycles. The number of carbonyl (C=O) groups is 1. The van der Waals surface area contributed by atoms with Crippen LogP contribution in [0.4, 0.5) is 0 Å². The van der Waals surface area contributed by atoms with Gasteiger partial charge in [0.25, 0.3) is 0 Å². The average molecular weight is 303 g/mol. The van der Waals surface area contributed by atoms with Gasteiger partial charge in [0.15, 0.2) is 10.8 Å². The van der Waals surface area contributed by atoms with Gasteiger partial charge in [-0.05, 0) is 25.1 Å². The first-order valence-electron chi connectivity index (χ1n) is 6.33. The normalized spacial score (nSPS) is 11.1. The number of hydrogen-bond acceptors (Lipinski definition) is 5. The third-order valence-corrected chi connectivity index (χ3v) is 3.90. The van der Waals surface area contributed by atoms with Crippen LogP contribution in [-0.4, -0.2) is 31.4 Å². The molecule has 0 saturated carbocycles. The highest BCUT2D eigenvalue weighted by atomic mass is 32.2. The van der Waals surface area contributed by atoms with E-state index in [1.807, 2.05) is 29.7 Å². The van der Waals surface area contributed by atoms with E-state index in [9.17, 15) is 4.79 Å². The number of imidazole rings is 1. The molecule has 7 heteroatoms. The second-order valence-electron chi connectivity index (χ2n) is 4.59. The van der Waals surface area contributed by atoms with Crippen molar-refractivity contribution >= 4 is 28.9 Å². The monoisotopic (exact) mass is 303 g/mol. The first-order chi connectivity index (χ1) is 10.1. The molecule has 108 valence electrons. The third-order valence-electron chi connectivity index (χ3n) is 2.94. The molecule has 0 atom stereocenters. The Hall–Kier alpha value is -2.28. The van der Waals surface area contributed by atoms with Crippen molar-refractivity contribution in [2.75, 3.05) is 5.75 Å². The Morgan fingerprint density at radius 1 is 1.38 bits per heavy atom. The van der Waals surface area contributed by atoms with E-state index in [1.165, 1.54) is 11.8 Å². The van der Waals surface area contributed by atoms with Gasteiger partial charge in [-0.15, -0.1) is 0 Å². The highest BCUT2D eigenvalue weighted by molar-refractivity contribution is 7.99. The van der Waals surface area contributed by atoms with Crippen molar-refractivity contribution in [1.29, 1.82) is 0 Å². The van der Waals surface area contributed by atoms with Crippen LogP contribution in [0.25, 0.3) is 11.2 Å². The maximum Gasteiger partial charge on any atom is 0.313 e. The molecule has 0 saturated heterocycles. The van der Waals surface area contributed by atoms with Crippen LogP contribution in [0.15, 0.2) is 40.3 Å². The number of aryl methyl sites for hydroxylation is 1. The minimum absolute atomic E-state index is 0.0340. The summed E-state index contributed by atoms with van der Waals surface area (Å²) in [5, 5.41) is 9.50. The molecule has 0 radical (unpaired) electrons. The molecule has 0 aromatic carbocycles. The van der Waals surface area contributed by atoms with Crippen LogP contribution in [0, 0.1) is 6.92 Å². The summed E-state index contributed by atoms with van der Waals surface area (Å²) in [5.74, 6) is -0.903. The smallest absolute Gasteiger partial charge is 0.313 e. The topological polar surface area (TPSA) is 81.1 Å². The van der Waals surface area contributed by atoms with E-state index < -0.39 is 5.97 Å². The fraction of sp³-hybridized carbons (Fsp3) is 0.214. The number of pyridine rings is 1. The Bertz CT molecular complexity index is 780. The van der Waals surface area contributed by atoms with E-state index in [4.69, 9.17) is 9.52 Å². The molecule has 0 aliphatic carbocycles. The minimum atomic E-state index is -0.869. The zero-order valence-electron chi connectivity index (χ0n) is 11.3. The Morgan fingerprint density at radius 3 is 2.95 bits per heavy atom. The van der Waals surface area contributed by atoms with Crippen LogP contribution in [0.1, 0.15) is 11.3 Å². The maximum atomic E-state index is 10.8. The molecular weight excluding hydrogens is 290 g/mol. The quantitative estimate of drug-likeness (QED) is 0.730. The fourth-order valence-corrected chi connectivity index (χ4v) is 2.74. The number of rotatable bonds is 5. The van der Waals surface area contributed by atoms with E-state index >= 15 is 0 Å². The van der Waals surface area contributed by atoms with Gasteiger partial charge in [0.1, 0.15) is 5.52 Å². The number of thioether (sulfide) groups is 1. The SMILES string of the molecule is Cc1ccc2nc(SCC(=O)O)n(Cc3ccoc3)c2n1. The van der Waals surface area contributed by atoms with Crippen LogP contribution in [0.2, 0.25) is 0 Å². The molecular formula is C14H13N3O3S. The number of carboxylic acid groups (broad SMARTS) is 1. The average Bonchev–Trinajstić information content (AvgIpc) is 3.06. The standard InChI is InChI=1S/C14H13N3O3S/c1-9-2-3-11-13(15-9)17(6-10-4-5-20-7-10)14(16-11)21-8-12(18)19/h2-5,7H,6,8H2,1H3,(H,18,19). The second-order valence-corrected chi connectivity index (χ2v) is 5.53. The van der Waals surface area contributed by atoms with Crippen molar-refractivity contribution in [3.63, 3.8) is 0 Å². The molecule has 0 aliphatic rings. The number of carboxylic acids is 1. The van der Waals surface area contributed by atoms with E-state index in [1.54, 1.807) is 12.5 Å². The molecule has 21 heavy (non-hydrogen) atoms. The van der Waals surface area contributed by atoms with E-state index in [0.717, 1.165) is 22.4 Å². The van der Waals surface area contributed by atoms with Crippen LogP contribution >= 0.6 is 11.8 Å². The molecule has 0 spiro atoms. The van der Waals surface area contributed by atoms with Crippen molar-refractivity contribution in [2.24, 2.45) is 0 Å². The number of nitrogens with zero attached hydrogens (tertiary/aromatic N) is 3. The molecule has 0 bridgehead atoms. The first-order valence-corrected chi connectivity index (χ1v) is 7.31. The molecule has 3 rings (SSSR count). The zero-order chi connectivity index (χ0) is 14.8. The summed E-state index contributed by atoms with van der Waals surface area (Å²) in [5.41, 5.74) is 3.39. The van der Waals surface area contributed by atoms with Crippen molar-refractivity contribution in [3.05, 3.63) is 42.0 Å². The number of furan rings is 1. The van der Waals surface area contributed by atoms with Gasteiger partial charge in [0.05, 0.1) is 24.8 Å². The Kier molecular flexibility index (Phi) is 3.66. The first kappa shape index (κ1) is 13.7. The molecule has 0 fully saturated rings. The highest BCUT2D eigenvalue weighted by Crippen LogP contribution is 2.24. The lowest BCUT2D eigenvalue weighted by molar-refractivity contribution is -0.133. The summed E-state index contributed by atoms with van der Waals surface area (Å²) >= 11 is 1.19.